The fourth-order valence-corrected chi connectivity index (χ4v) is 4.46. The van der Waals surface area contributed by atoms with E-state index in [-0.39, 0.29) is 11.6 Å². The van der Waals surface area contributed by atoms with Crippen LogP contribution in [0.2, 0.25) is 0 Å². The van der Waals surface area contributed by atoms with Gasteiger partial charge in [0.05, 0.1) is 11.9 Å². The molecule has 36 heavy (non-hydrogen) atoms. The third kappa shape index (κ3) is 7.48. The summed E-state index contributed by atoms with van der Waals surface area (Å²) in [7, 11) is 0. The van der Waals surface area contributed by atoms with E-state index in [1.807, 2.05) is 39.0 Å². The fourth-order valence-electron chi connectivity index (χ4n) is 3.80. The number of nitrogens with zero attached hydrogens (tertiary/aromatic N) is 4. The maximum atomic E-state index is 11.6. The Labute approximate surface area is 216 Å². The second-order valence-electron chi connectivity index (χ2n) is 8.56. The molecule has 0 radical (unpaired) electrons. The SMILES string of the molecule is CC.Cc1cc(Nc2nc(N3CCCCC3)cnc2C(N)=O)sn1.NC(=O)c1ccc(C2CC2)cc1. The van der Waals surface area contributed by atoms with Crippen LogP contribution >= 0.6 is 11.5 Å². The smallest absolute Gasteiger partial charge is 0.271 e. The minimum Gasteiger partial charge on any atom is -0.366 e. The Morgan fingerprint density at radius 3 is 2.22 bits per heavy atom. The summed E-state index contributed by atoms with van der Waals surface area (Å²) in [4.78, 5) is 33.2. The first-order chi connectivity index (χ1) is 17.4. The van der Waals surface area contributed by atoms with E-state index < -0.39 is 5.91 Å². The first-order valence-corrected chi connectivity index (χ1v) is 13.2. The Morgan fingerprint density at radius 1 is 1.03 bits per heavy atom. The zero-order valence-corrected chi connectivity index (χ0v) is 22.0. The van der Waals surface area contributed by atoms with Gasteiger partial charge in [0, 0.05) is 18.7 Å². The number of anilines is 3. The van der Waals surface area contributed by atoms with Crippen LogP contribution in [0.1, 0.15) is 84.0 Å². The van der Waals surface area contributed by atoms with Gasteiger partial charge >= 0.3 is 0 Å². The Hall–Kier alpha value is -3.53. The van der Waals surface area contributed by atoms with Crippen LogP contribution in [0, 0.1) is 6.92 Å². The number of aromatic nitrogens is 3. The molecule has 1 saturated heterocycles. The lowest BCUT2D eigenvalue weighted by molar-refractivity contribution is 0.0989. The Morgan fingerprint density at radius 2 is 1.69 bits per heavy atom. The van der Waals surface area contributed by atoms with Crippen molar-refractivity contribution >= 4 is 40.0 Å². The van der Waals surface area contributed by atoms with Crippen LogP contribution in [0.5, 0.6) is 0 Å². The molecule has 1 saturated carbocycles. The zero-order chi connectivity index (χ0) is 26.1. The molecule has 5 rings (SSSR count). The molecule has 2 aliphatic rings. The minimum atomic E-state index is -0.596. The molecule has 1 aliphatic heterocycles. The van der Waals surface area contributed by atoms with Crippen LogP contribution in [0.25, 0.3) is 0 Å². The van der Waals surface area contributed by atoms with Crippen molar-refractivity contribution in [1.82, 2.24) is 14.3 Å². The Bertz CT molecular complexity index is 1150. The number of primary amides is 2. The molecule has 5 N–H and O–H groups in total. The molecule has 9 nitrogen and oxygen atoms in total. The zero-order valence-electron chi connectivity index (χ0n) is 21.2. The van der Waals surface area contributed by atoms with Gasteiger partial charge in [-0.25, -0.2) is 9.97 Å². The molecule has 1 aromatic carbocycles. The number of carbonyl (C=O) groups excluding carboxylic acids is 2. The molecular formula is C26H35N7O2S. The van der Waals surface area contributed by atoms with Gasteiger partial charge in [0.2, 0.25) is 5.91 Å². The highest BCUT2D eigenvalue weighted by Crippen LogP contribution is 2.39. The molecule has 0 spiro atoms. The minimum absolute atomic E-state index is 0.145. The van der Waals surface area contributed by atoms with Crippen LogP contribution in [-0.4, -0.2) is 39.2 Å². The number of hydrogen-bond acceptors (Lipinski definition) is 8. The number of hydrogen-bond donors (Lipinski definition) is 3. The standard InChI is InChI=1S/C14H18N6OS.C10H11NO.C2H6/c1-9-7-11(22-19-9)18-14-12(13(15)21)16-8-10(17-14)20-5-3-2-4-6-20;11-10(12)9-5-3-8(4-6-9)7-1-2-7;1-2/h7-8H,2-6H2,1H3,(H2,15,21)(H,17,18);3-7H,1-2H2,(H2,11,12);1-2H3. The summed E-state index contributed by atoms with van der Waals surface area (Å²) in [6.45, 7) is 7.83. The van der Waals surface area contributed by atoms with E-state index in [9.17, 15) is 9.59 Å². The highest BCUT2D eigenvalue weighted by Gasteiger charge is 2.23. The topological polar surface area (TPSA) is 140 Å². The molecule has 0 unspecified atom stereocenters. The van der Waals surface area contributed by atoms with Crippen molar-refractivity contribution in [1.29, 1.82) is 0 Å². The van der Waals surface area contributed by atoms with Crippen molar-refractivity contribution in [2.75, 3.05) is 23.3 Å². The fraction of sp³-hybridized carbons (Fsp3) is 0.423. The van der Waals surface area contributed by atoms with Gasteiger partial charge in [-0.2, -0.15) is 4.37 Å². The number of nitrogens with one attached hydrogen (secondary N) is 1. The summed E-state index contributed by atoms with van der Waals surface area (Å²) < 4.78 is 4.20. The number of benzene rings is 1. The summed E-state index contributed by atoms with van der Waals surface area (Å²) in [5, 5.41) is 3.92. The van der Waals surface area contributed by atoms with Gasteiger partial charge in [-0.15, -0.1) is 0 Å². The van der Waals surface area contributed by atoms with E-state index in [2.05, 4.69) is 24.6 Å². The number of piperidine rings is 1. The van der Waals surface area contributed by atoms with Gasteiger partial charge in [-0.05, 0) is 80.2 Å². The van der Waals surface area contributed by atoms with Crippen molar-refractivity contribution in [3.8, 4) is 0 Å². The van der Waals surface area contributed by atoms with Gasteiger partial charge in [-0.3, -0.25) is 9.59 Å². The predicted octanol–water partition coefficient (Wildman–Crippen LogP) is 4.76. The second-order valence-corrected chi connectivity index (χ2v) is 9.36. The highest BCUT2D eigenvalue weighted by atomic mass is 32.1. The van der Waals surface area contributed by atoms with Crippen molar-refractivity contribution < 1.29 is 9.59 Å². The maximum Gasteiger partial charge on any atom is 0.271 e. The summed E-state index contributed by atoms with van der Waals surface area (Å²) in [5.41, 5.74) is 13.5. The van der Waals surface area contributed by atoms with Crippen LogP contribution in [0.3, 0.4) is 0 Å². The third-order valence-corrected chi connectivity index (χ3v) is 6.58. The molecule has 2 aromatic heterocycles. The molecule has 0 bridgehead atoms. The average molecular weight is 510 g/mol. The van der Waals surface area contributed by atoms with Crippen molar-refractivity contribution in [3.05, 3.63) is 59.0 Å². The monoisotopic (exact) mass is 509 g/mol. The summed E-state index contributed by atoms with van der Waals surface area (Å²) in [5.74, 6) is 0.957. The molecule has 1 aliphatic carbocycles. The van der Waals surface area contributed by atoms with Crippen LogP contribution in [-0.2, 0) is 0 Å². The molecule has 192 valence electrons. The first-order valence-electron chi connectivity index (χ1n) is 12.4. The van der Waals surface area contributed by atoms with Gasteiger partial charge in [0.25, 0.3) is 5.91 Å². The number of amides is 2. The summed E-state index contributed by atoms with van der Waals surface area (Å²) >= 11 is 1.31. The molecule has 0 atom stereocenters. The van der Waals surface area contributed by atoms with Gasteiger partial charge in [0.15, 0.2) is 11.5 Å². The Balaban J connectivity index is 0.000000217. The van der Waals surface area contributed by atoms with Crippen LogP contribution in [0.15, 0.2) is 36.5 Å². The first kappa shape index (κ1) is 27.1. The van der Waals surface area contributed by atoms with E-state index >= 15 is 0 Å². The maximum absolute atomic E-state index is 11.6. The third-order valence-electron chi connectivity index (χ3n) is 5.79. The molecule has 10 heteroatoms. The van der Waals surface area contributed by atoms with E-state index in [4.69, 9.17) is 11.5 Å². The number of aryl methyl sites for hydroxylation is 1. The second kappa shape index (κ2) is 13.0. The van der Waals surface area contributed by atoms with Crippen molar-refractivity contribution in [2.24, 2.45) is 11.5 Å². The highest BCUT2D eigenvalue weighted by molar-refractivity contribution is 7.10. The van der Waals surface area contributed by atoms with Crippen LogP contribution in [0.4, 0.5) is 16.6 Å². The summed E-state index contributed by atoms with van der Waals surface area (Å²) in [6, 6.07) is 9.49. The summed E-state index contributed by atoms with van der Waals surface area (Å²) in [6.07, 6.45) is 7.74. The number of rotatable bonds is 6. The largest absolute Gasteiger partial charge is 0.366 e. The molecule has 2 amide bonds. The molecule has 3 aromatic rings. The van der Waals surface area contributed by atoms with Crippen molar-refractivity contribution in [2.45, 2.75) is 58.8 Å². The van der Waals surface area contributed by atoms with Gasteiger partial charge in [0.1, 0.15) is 10.8 Å². The quantitative estimate of drug-likeness (QED) is 0.435. The average Bonchev–Trinajstić information content (AvgIpc) is 3.68. The van der Waals surface area contributed by atoms with E-state index in [1.165, 1.54) is 36.4 Å². The van der Waals surface area contributed by atoms with Crippen molar-refractivity contribution in [3.63, 3.8) is 0 Å². The number of carbonyl (C=O) groups is 2. The van der Waals surface area contributed by atoms with E-state index in [0.29, 0.717) is 11.4 Å². The molecular weight excluding hydrogens is 474 g/mol. The lowest BCUT2D eigenvalue weighted by atomic mass is 10.1. The normalized spacial score (nSPS) is 14.6. The van der Waals surface area contributed by atoms with E-state index in [1.54, 1.807) is 18.3 Å². The molecule has 2 fully saturated rings. The molecule has 3 heterocycles. The predicted molar refractivity (Wildman–Crippen MR) is 145 cm³/mol. The number of nitrogens with two attached hydrogens (primary N) is 2. The lowest BCUT2D eigenvalue weighted by Crippen LogP contribution is -2.30. The van der Waals surface area contributed by atoms with Crippen LogP contribution < -0.4 is 21.7 Å². The van der Waals surface area contributed by atoms with Gasteiger partial charge < -0.3 is 21.7 Å². The van der Waals surface area contributed by atoms with E-state index in [0.717, 1.165) is 48.4 Å². The Kier molecular flexibility index (Phi) is 9.75. The van der Waals surface area contributed by atoms with Gasteiger partial charge in [-0.1, -0.05) is 26.0 Å². The lowest BCUT2D eigenvalue weighted by Gasteiger charge is -2.27.